The maximum Gasteiger partial charge on any atom is 0.307 e. The summed E-state index contributed by atoms with van der Waals surface area (Å²) < 4.78 is 10.5. The summed E-state index contributed by atoms with van der Waals surface area (Å²) in [6.07, 6.45) is 4.52. The molecule has 9 nitrogen and oxygen atoms in total. The monoisotopic (exact) mass is 514 g/mol. The second kappa shape index (κ2) is 12.5. The van der Waals surface area contributed by atoms with E-state index in [1.54, 1.807) is 17.2 Å². The van der Waals surface area contributed by atoms with Crippen molar-refractivity contribution in [2.45, 2.75) is 85.0 Å². The minimum atomic E-state index is -0.649. The minimum Gasteiger partial charge on any atom is -0.469 e. The molecule has 0 bridgehead atoms. The average Bonchev–Trinajstić information content (AvgIpc) is 2.83. The Balaban J connectivity index is 1.93. The quantitative estimate of drug-likeness (QED) is 0.505. The molecular weight excluding hydrogens is 472 g/mol. The second-order valence-corrected chi connectivity index (χ2v) is 10.8. The lowest BCUT2D eigenvalue weighted by atomic mass is 9.94. The summed E-state index contributed by atoms with van der Waals surface area (Å²) in [7, 11) is 1.33. The SMILES string of the molecule is COC(=O)CC(NC(=O)C(CC(C)C)N1C(=O)C=C(C)CC1C)c1cnc(C)c(N2CCOC[C@@H]2C)c1. The number of nitrogens with zero attached hydrogens (tertiary/aromatic N) is 3. The summed E-state index contributed by atoms with van der Waals surface area (Å²) >= 11 is 0. The van der Waals surface area contributed by atoms with E-state index in [4.69, 9.17) is 9.47 Å². The minimum absolute atomic E-state index is 0.0397. The smallest absolute Gasteiger partial charge is 0.307 e. The van der Waals surface area contributed by atoms with E-state index in [1.807, 2.05) is 40.7 Å². The zero-order chi connectivity index (χ0) is 27.3. The van der Waals surface area contributed by atoms with E-state index < -0.39 is 18.1 Å². The predicted molar refractivity (Wildman–Crippen MR) is 142 cm³/mol. The van der Waals surface area contributed by atoms with Crippen molar-refractivity contribution in [3.8, 4) is 0 Å². The first-order valence-corrected chi connectivity index (χ1v) is 13.2. The number of aromatic nitrogens is 1. The van der Waals surface area contributed by atoms with Gasteiger partial charge in [-0.3, -0.25) is 19.4 Å². The van der Waals surface area contributed by atoms with Gasteiger partial charge in [0.2, 0.25) is 11.8 Å². The summed E-state index contributed by atoms with van der Waals surface area (Å²) in [6, 6.07) is 0.781. The van der Waals surface area contributed by atoms with Gasteiger partial charge in [0.25, 0.3) is 0 Å². The standard InChI is InChI=1S/C28H42N4O5/c1-17(2)10-25(32-19(4)11-18(3)12-26(32)33)28(35)30-23(14-27(34)36-7)22-13-24(21(6)29-15-22)31-8-9-37-16-20(31)5/h12-13,15,17,19-20,23,25H,8-11,14,16H2,1-7H3,(H,30,35)/t19?,20-,23?,25?/m0/s1. The van der Waals surface area contributed by atoms with Crippen LogP contribution in [-0.4, -0.2) is 72.7 Å². The highest BCUT2D eigenvalue weighted by molar-refractivity contribution is 5.94. The Morgan fingerprint density at radius 3 is 2.59 bits per heavy atom. The number of hydrogen-bond donors (Lipinski definition) is 1. The van der Waals surface area contributed by atoms with Crippen molar-refractivity contribution in [1.29, 1.82) is 0 Å². The Bertz CT molecular complexity index is 1020. The average molecular weight is 515 g/mol. The molecule has 3 heterocycles. The Morgan fingerprint density at radius 1 is 1.24 bits per heavy atom. The van der Waals surface area contributed by atoms with Gasteiger partial charge in [0, 0.05) is 30.9 Å². The molecule has 3 rings (SSSR count). The third kappa shape index (κ3) is 7.09. The number of carbonyl (C=O) groups excluding carboxylic acids is 3. The largest absolute Gasteiger partial charge is 0.469 e. The zero-order valence-corrected chi connectivity index (χ0v) is 23.2. The van der Waals surface area contributed by atoms with Gasteiger partial charge in [-0.1, -0.05) is 19.4 Å². The highest BCUT2D eigenvalue weighted by Crippen LogP contribution is 2.29. The third-order valence-corrected chi connectivity index (χ3v) is 7.13. The molecule has 2 amide bonds. The number of aryl methyl sites for hydroxylation is 1. The van der Waals surface area contributed by atoms with Gasteiger partial charge in [-0.25, -0.2) is 0 Å². The first-order chi connectivity index (χ1) is 17.5. The fourth-order valence-electron chi connectivity index (χ4n) is 5.25. The van der Waals surface area contributed by atoms with Crippen LogP contribution < -0.4 is 10.2 Å². The topological polar surface area (TPSA) is 101 Å². The Kier molecular flexibility index (Phi) is 9.70. The number of amides is 2. The summed E-state index contributed by atoms with van der Waals surface area (Å²) in [4.78, 5) is 47.7. The van der Waals surface area contributed by atoms with E-state index >= 15 is 0 Å². The maximum atomic E-state index is 13.8. The molecule has 0 aliphatic carbocycles. The van der Waals surface area contributed by atoms with E-state index in [9.17, 15) is 14.4 Å². The molecular formula is C28H42N4O5. The molecule has 0 radical (unpaired) electrons. The Morgan fingerprint density at radius 2 is 1.97 bits per heavy atom. The fourth-order valence-corrected chi connectivity index (χ4v) is 5.25. The van der Waals surface area contributed by atoms with Gasteiger partial charge in [0.15, 0.2) is 0 Å². The third-order valence-electron chi connectivity index (χ3n) is 7.13. The van der Waals surface area contributed by atoms with Crippen LogP contribution >= 0.6 is 0 Å². The number of hydrogen-bond acceptors (Lipinski definition) is 7. The van der Waals surface area contributed by atoms with Gasteiger partial charge in [0.1, 0.15) is 6.04 Å². The molecule has 2 aliphatic rings. The van der Waals surface area contributed by atoms with Crippen LogP contribution in [0.15, 0.2) is 23.9 Å². The molecule has 1 N–H and O–H groups in total. The van der Waals surface area contributed by atoms with E-state index in [2.05, 4.69) is 22.1 Å². The van der Waals surface area contributed by atoms with Crippen molar-refractivity contribution < 1.29 is 23.9 Å². The normalized spacial score (nSPS) is 21.9. The molecule has 9 heteroatoms. The maximum absolute atomic E-state index is 13.8. The van der Waals surface area contributed by atoms with Gasteiger partial charge in [0.05, 0.1) is 44.2 Å². The summed E-state index contributed by atoms with van der Waals surface area (Å²) in [5, 5.41) is 3.08. The van der Waals surface area contributed by atoms with Crippen LogP contribution in [0.3, 0.4) is 0 Å². The van der Waals surface area contributed by atoms with E-state index in [0.717, 1.165) is 35.5 Å². The van der Waals surface area contributed by atoms with Crippen molar-refractivity contribution in [1.82, 2.24) is 15.2 Å². The van der Waals surface area contributed by atoms with Gasteiger partial charge in [-0.05, 0) is 58.1 Å². The van der Waals surface area contributed by atoms with Crippen LogP contribution in [0.4, 0.5) is 5.69 Å². The van der Waals surface area contributed by atoms with Crippen molar-refractivity contribution in [2.75, 3.05) is 31.8 Å². The first kappa shape index (κ1) is 28.6. The summed E-state index contributed by atoms with van der Waals surface area (Å²) in [5.74, 6) is -0.675. The lowest BCUT2D eigenvalue weighted by molar-refractivity contribution is -0.143. The number of nitrogens with one attached hydrogen (secondary N) is 1. The molecule has 2 aliphatic heterocycles. The Hall–Kier alpha value is -2.94. The molecule has 1 aromatic heterocycles. The molecule has 1 fully saturated rings. The van der Waals surface area contributed by atoms with Crippen LogP contribution in [0.2, 0.25) is 0 Å². The number of carbonyl (C=O) groups is 3. The van der Waals surface area contributed by atoms with Crippen molar-refractivity contribution in [2.24, 2.45) is 5.92 Å². The highest BCUT2D eigenvalue weighted by atomic mass is 16.5. The number of methoxy groups -OCH3 is 1. The van der Waals surface area contributed by atoms with Crippen LogP contribution in [-0.2, 0) is 23.9 Å². The molecule has 204 valence electrons. The van der Waals surface area contributed by atoms with E-state index in [-0.39, 0.29) is 36.2 Å². The van der Waals surface area contributed by atoms with Crippen molar-refractivity contribution >= 4 is 23.5 Å². The number of morpholine rings is 1. The number of pyridine rings is 1. The van der Waals surface area contributed by atoms with Crippen LogP contribution in [0.5, 0.6) is 0 Å². The van der Waals surface area contributed by atoms with Gasteiger partial charge >= 0.3 is 5.97 Å². The lowest BCUT2D eigenvalue weighted by Crippen LogP contribution is -2.55. The first-order valence-electron chi connectivity index (χ1n) is 13.2. The molecule has 37 heavy (non-hydrogen) atoms. The van der Waals surface area contributed by atoms with Crippen molar-refractivity contribution in [3.05, 3.63) is 35.2 Å². The van der Waals surface area contributed by atoms with Crippen LogP contribution in [0, 0.1) is 12.8 Å². The van der Waals surface area contributed by atoms with E-state index in [1.165, 1.54) is 7.11 Å². The van der Waals surface area contributed by atoms with Crippen LogP contribution in [0.1, 0.15) is 71.2 Å². The fraction of sp³-hybridized carbons (Fsp3) is 0.643. The van der Waals surface area contributed by atoms with Crippen molar-refractivity contribution in [3.63, 3.8) is 0 Å². The van der Waals surface area contributed by atoms with Gasteiger partial charge < -0.3 is 24.6 Å². The predicted octanol–water partition coefficient (Wildman–Crippen LogP) is 3.32. The summed E-state index contributed by atoms with van der Waals surface area (Å²) in [5.41, 5.74) is 3.55. The Labute approximate surface area is 220 Å². The highest BCUT2D eigenvalue weighted by Gasteiger charge is 2.36. The van der Waals surface area contributed by atoms with Crippen LogP contribution in [0.25, 0.3) is 0 Å². The molecule has 0 aromatic carbocycles. The van der Waals surface area contributed by atoms with Gasteiger partial charge in [-0.2, -0.15) is 0 Å². The zero-order valence-electron chi connectivity index (χ0n) is 23.2. The molecule has 3 unspecified atom stereocenters. The molecule has 1 saturated heterocycles. The molecule has 0 spiro atoms. The lowest BCUT2D eigenvalue weighted by Gasteiger charge is -2.39. The van der Waals surface area contributed by atoms with E-state index in [0.29, 0.717) is 19.6 Å². The second-order valence-electron chi connectivity index (χ2n) is 10.8. The molecule has 1 aromatic rings. The summed E-state index contributed by atoms with van der Waals surface area (Å²) in [6.45, 7) is 14.0. The molecule has 0 saturated carbocycles. The number of rotatable bonds is 9. The number of ether oxygens (including phenoxy) is 2. The number of anilines is 1. The van der Waals surface area contributed by atoms with Gasteiger partial charge in [-0.15, -0.1) is 0 Å². The number of esters is 1. The molecule has 4 atom stereocenters.